The lowest BCUT2D eigenvalue weighted by Gasteiger charge is -2.17. The summed E-state index contributed by atoms with van der Waals surface area (Å²) in [6.07, 6.45) is 2.87. The third-order valence-corrected chi connectivity index (χ3v) is 5.36. The fraction of sp³-hybridized carbons (Fsp3) is 0.0500. The van der Waals surface area contributed by atoms with Crippen LogP contribution in [0.25, 0.3) is 0 Å². The number of nitrogens with zero attached hydrogens (tertiary/aromatic N) is 1. The minimum atomic E-state index is -0.374. The maximum atomic E-state index is 12.8. The first-order chi connectivity index (χ1) is 14.8. The summed E-state index contributed by atoms with van der Waals surface area (Å²) in [5.41, 5.74) is 8.13. The molecule has 2 aromatic carbocycles. The summed E-state index contributed by atoms with van der Waals surface area (Å²) < 4.78 is 6.23. The molecule has 0 atom stereocenters. The van der Waals surface area contributed by atoms with Gasteiger partial charge in [0.25, 0.3) is 5.91 Å². The molecule has 0 aliphatic rings. The Morgan fingerprint density at radius 1 is 1.10 bits per heavy atom. The number of thiocarbonyl (C=S) groups is 1. The van der Waals surface area contributed by atoms with E-state index in [1.807, 2.05) is 12.1 Å². The van der Waals surface area contributed by atoms with Gasteiger partial charge in [-0.15, -0.1) is 0 Å². The van der Waals surface area contributed by atoms with E-state index in [0.717, 1.165) is 4.47 Å². The van der Waals surface area contributed by atoms with Gasteiger partial charge in [-0.05, 0) is 42.5 Å². The number of nitrogens with one attached hydrogen (secondary N) is 3. The van der Waals surface area contributed by atoms with Gasteiger partial charge in [-0.3, -0.25) is 9.78 Å². The van der Waals surface area contributed by atoms with Crippen LogP contribution in [0.4, 0.5) is 22.7 Å². The standard InChI is InChI=1S/C20H16BrCl2N5O2S/c1-30-17-7-15(24)16(27-20(31)28-18-13(22)8-25-9-14(18)23)6-12(17)19(29)26-11-4-2-10(21)3-5-11/h2-9H,24H2,1H3,(H,26,29)(H2,25,27,28,31). The van der Waals surface area contributed by atoms with Crippen LogP contribution in [0, 0.1) is 0 Å². The molecule has 1 aromatic heterocycles. The number of nitrogen functional groups attached to an aromatic ring is 1. The van der Waals surface area contributed by atoms with Crippen molar-refractivity contribution in [2.75, 3.05) is 28.8 Å². The summed E-state index contributed by atoms with van der Waals surface area (Å²) in [5.74, 6) is -0.0573. The number of methoxy groups -OCH3 is 1. The van der Waals surface area contributed by atoms with Crippen molar-refractivity contribution in [3.8, 4) is 5.75 Å². The maximum absolute atomic E-state index is 12.8. The van der Waals surface area contributed by atoms with Crippen molar-refractivity contribution in [2.24, 2.45) is 0 Å². The molecule has 0 aliphatic carbocycles. The zero-order chi connectivity index (χ0) is 22.5. The number of benzene rings is 2. The summed E-state index contributed by atoms with van der Waals surface area (Å²) in [6, 6.07) is 10.3. The van der Waals surface area contributed by atoms with Crippen LogP contribution in [-0.2, 0) is 0 Å². The molecule has 0 saturated heterocycles. The lowest BCUT2D eigenvalue weighted by atomic mass is 10.1. The summed E-state index contributed by atoms with van der Waals surface area (Å²) in [4.78, 5) is 16.7. The van der Waals surface area contributed by atoms with Gasteiger partial charge < -0.3 is 26.4 Å². The Balaban J connectivity index is 1.83. The third-order valence-electron chi connectivity index (χ3n) is 4.06. The van der Waals surface area contributed by atoms with Crippen LogP contribution in [0.1, 0.15) is 10.4 Å². The molecule has 31 heavy (non-hydrogen) atoms. The second kappa shape index (κ2) is 10.1. The number of hydrogen-bond donors (Lipinski definition) is 4. The predicted octanol–water partition coefficient (Wildman–Crippen LogP) is 5.80. The third kappa shape index (κ3) is 5.76. The van der Waals surface area contributed by atoms with E-state index in [1.165, 1.54) is 25.6 Å². The van der Waals surface area contributed by atoms with Crippen LogP contribution >= 0.6 is 51.3 Å². The number of nitrogens with two attached hydrogens (primary N) is 1. The first-order valence-electron chi connectivity index (χ1n) is 8.70. The average Bonchev–Trinajstić information content (AvgIpc) is 2.73. The molecule has 1 heterocycles. The highest BCUT2D eigenvalue weighted by Gasteiger charge is 2.17. The second-order valence-electron chi connectivity index (χ2n) is 6.16. The van der Waals surface area contributed by atoms with Gasteiger partial charge in [0.1, 0.15) is 5.75 Å². The Labute approximate surface area is 202 Å². The van der Waals surface area contributed by atoms with Crippen LogP contribution in [0.2, 0.25) is 10.0 Å². The van der Waals surface area contributed by atoms with E-state index in [2.05, 4.69) is 36.9 Å². The largest absolute Gasteiger partial charge is 0.496 e. The highest BCUT2D eigenvalue weighted by atomic mass is 79.9. The molecule has 7 nitrogen and oxygen atoms in total. The monoisotopic (exact) mass is 539 g/mol. The van der Waals surface area contributed by atoms with Crippen molar-refractivity contribution < 1.29 is 9.53 Å². The molecular formula is C20H16BrCl2N5O2S. The number of anilines is 4. The molecule has 0 unspecified atom stereocenters. The Morgan fingerprint density at radius 2 is 1.74 bits per heavy atom. The molecule has 0 bridgehead atoms. The number of carbonyl (C=O) groups is 1. The molecule has 0 aliphatic heterocycles. The Hall–Kier alpha value is -2.59. The quantitative estimate of drug-likeness (QED) is 0.239. The molecule has 160 valence electrons. The molecule has 11 heteroatoms. The fourth-order valence-corrected chi connectivity index (χ4v) is 3.52. The van der Waals surface area contributed by atoms with Crippen molar-refractivity contribution in [2.45, 2.75) is 0 Å². The minimum Gasteiger partial charge on any atom is -0.496 e. The zero-order valence-corrected chi connectivity index (χ0v) is 19.9. The SMILES string of the molecule is COc1cc(N)c(NC(=S)Nc2c(Cl)cncc2Cl)cc1C(=O)Nc1ccc(Br)cc1. The van der Waals surface area contributed by atoms with Crippen LogP contribution in [0.3, 0.4) is 0 Å². The van der Waals surface area contributed by atoms with Crippen molar-refractivity contribution in [1.29, 1.82) is 0 Å². The van der Waals surface area contributed by atoms with E-state index in [1.54, 1.807) is 18.2 Å². The van der Waals surface area contributed by atoms with Gasteiger partial charge in [0.05, 0.1) is 39.8 Å². The van der Waals surface area contributed by atoms with Gasteiger partial charge in [-0.1, -0.05) is 39.1 Å². The van der Waals surface area contributed by atoms with Crippen LogP contribution in [0.15, 0.2) is 53.3 Å². The summed E-state index contributed by atoms with van der Waals surface area (Å²) in [5, 5.41) is 9.44. The van der Waals surface area contributed by atoms with E-state index in [9.17, 15) is 4.79 Å². The smallest absolute Gasteiger partial charge is 0.259 e. The predicted molar refractivity (Wildman–Crippen MR) is 134 cm³/mol. The highest BCUT2D eigenvalue weighted by Crippen LogP contribution is 2.32. The molecule has 0 fully saturated rings. The van der Waals surface area contributed by atoms with Crippen molar-refractivity contribution in [1.82, 2.24) is 4.98 Å². The Kier molecular flexibility index (Phi) is 7.55. The topological polar surface area (TPSA) is 101 Å². The van der Waals surface area contributed by atoms with Gasteiger partial charge in [0.2, 0.25) is 0 Å². The number of hydrogen-bond acceptors (Lipinski definition) is 5. The molecule has 0 spiro atoms. The molecule has 5 N–H and O–H groups in total. The minimum absolute atomic E-state index is 0.172. The van der Waals surface area contributed by atoms with Gasteiger partial charge in [-0.2, -0.15) is 0 Å². The van der Waals surface area contributed by atoms with E-state index < -0.39 is 0 Å². The molecule has 3 aromatic rings. The number of ether oxygens (including phenoxy) is 1. The van der Waals surface area contributed by atoms with Gasteiger partial charge >= 0.3 is 0 Å². The van der Waals surface area contributed by atoms with Crippen molar-refractivity contribution >= 4 is 85.1 Å². The van der Waals surface area contributed by atoms with Crippen molar-refractivity contribution in [3.63, 3.8) is 0 Å². The maximum Gasteiger partial charge on any atom is 0.259 e. The van der Waals surface area contributed by atoms with Gasteiger partial charge in [0, 0.05) is 28.6 Å². The first kappa shape index (κ1) is 23.1. The Morgan fingerprint density at radius 3 is 2.35 bits per heavy atom. The normalized spacial score (nSPS) is 10.3. The number of pyridine rings is 1. The molecule has 1 amide bonds. The second-order valence-corrected chi connectivity index (χ2v) is 8.30. The molecule has 0 radical (unpaired) electrons. The number of carbonyl (C=O) groups excluding carboxylic acids is 1. The highest BCUT2D eigenvalue weighted by molar-refractivity contribution is 9.10. The summed E-state index contributed by atoms with van der Waals surface area (Å²) >= 11 is 20.9. The van der Waals surface area contributed by atoms with Crippen LogP contribution in [0.5, 0.6) is 5.75 Å². The van der Waals surface area contributed by atoms with E-state index in [0.29, 0.717) is 38.5 Å². The number of aromatic nitrogens is 1. The fourth-order valence-electron chi connectivity index (χ4n) is 2.58. The number of rotatable bonds is 5. The van der Waals surface area contributed by atoms with E-state index in [-0.39, 0.29) is 16.6 Å². The van der Waals surface area contributed by atoms with E-state index >= 15 is 0 Å². The molecular weight excluding hydrogens is 525 g/mol. The lowest BCUT2D eigenvalue weighted by Crippen LogP contribution is -2.21. The molecule has 0 saturated carbocycles. The summed E-state index contributed by atoms with van der Waals surface area (Å²) in [7, 11) is 1.46. The Bertz CT molecular complexity index is 1120. The van der Waals surface area contributed by atoms with Crippen LogP contribution in [-0.4, -0.2) is 23.1 Å². The first-order valence-corrected chi connectivity index (χ1v) is 10.7. The van der Waals surface area contributed by atoms with Gasteiger partial charge in [-0.25, -0.2) is 0 Å². The summed E-state index contributed by atoms with van der Waals surface area (Å²) in [6.45, 7) is 0. The van der Waals surface area contributed by atoms with Crippen LogP contribution < -0.4 is 26.4 Å². The number of amides is 1. The van der Waals surface area contributed by atoms with E-state index in [4.69, 9.17) is 45.9 Å². The average molecular weight is 541 g/mol. The van der Waals surface area contributed by atoms with Crippen molar-refractivity contribution in [3.05, 3.63) is 68.9 Å². The zero-order valence-electron chi connectivity index (χ0n) is 16.0. The lowest BCUT2D eigenvalue weighted by molar-refractivity contribution is 0.102. The van der Waals surface area contributed by atoms with Gasteiger partial charge in [0.15, 0.2) is 5.11 Å². The number of halogens is 3. The molecule has 3 rings (SSSR count).